The van der Waals surface area contributed by atoms with Gasteiger partial charge in [-0.25, -0.2) is 15.0 Å². The fraction of sp³-hybridized carbons (Fsp3) is 0. The summed E-state index contributed by atoms with van der Waals surface area (Å²) in [5.41, 5.74) is 10.8. The molecule has 0 fully saturated rings. The number of aromatic amines is 1. The first-order valence-corrected chi connectivity index (χ1v) is 16.8. The van der Waals surface area contributed by atoms with Gasteiger partial charge < -0.3 is 9.55 Å². The highest BCUT2D eigenvalue weighted by atomic mass is 15.0. The van der Waals surface area contributed by atoms with E-state index in [0.29, 0.717) is 17.5 Å². The van der Waals surface area contributed by atoms with E-state index >= 15 is 0 Å². The fourth-order valence-electron chi connectivity index (χ4n) is 7.24. The summed E-state index contributed by atoms with van der Waals surface area (Å²) in [6, 6.07) is 59.2. The summed E-state index contributed by atoms with van der Waals surface area (Å²) < 4.78 is 2.39. The van der Waals surface area contributed by atoms with Crippen LogP contribution in [0.25, 0.3) is 94.6 Å². The van der Waals surface area contributed by atoms with E-state index in [4.69, 9.17) is 15.0 Å². The monoisotopic (exact) mass is 639 g/mol. The van der Waals surface area contributed by atoms with Crippen molar-refractivity contribution in [1.82, 2.24) is 24.5 Å². The lowest BCUT2D eigenvalue weighted by Gasteiger charge is -2.12. The van der Waals surface area contributed by atoms with Crippen molar-refractivity contribution in [2.24, 2.45) is 0 Å². The van der Waals surface area contributed by atoms with Crippen molar-refractivity contribution >= 4 is 43.6 Å². The Morgan fingerprint density at radius 3 is 1.72 bits per heavy atom. The van der Waals surface area contributed by atoms with Gasteiger partial charge in [0.05, 0.1) is 11.0 Å². The standard InChI is InChI=1S/C45H29N5/c1-3-12-29(13-4-1)32-16-11-17-33(28-32)45-48-43(30-14-5-2-6-15-30)47-44(49-45)31-22-24-34(25-23-31)50-40-21-10-8-18-35(40)36-26-27-39-41(42(36)50)37-19-7-9-20-38(37)46-39/h1-28,46H. The minimum atomic E-state index is 0.631. The Bertz CT molecular complexity index is 2850. The van der Waals surface area contributed by atoms with Crippen LogP contribution in [0.4, 0.5) is 0 Å². The summed E-state index contributed by atoms with van der Waals surface area (Å²) in [7, 11) is 0. The predicted octanol–water partition coefficient (Wildman–Crippen LogP) is 11.3. The fourth-order valence-corrected chi connectivity index (χ4v) is 7.24. The van der Waals surface area contributed by atoms with Gasteiger partial charge in [0.15, 0.2) is 17.5 Å². The molecule has 0 aliphatic carbocycles. The number of benzene rings is 7. The van der Waals surface area contributed by atoms with Crippen molar-refractivity contribution in [1.29, 1.82) is 0 Å². The number of aromatic nitrogens is 5. The molecule has 0 unspecified atom stereocenters. The van der Waals surface area contributed by atoms with Crippen LogP contribution >= 0.6 is 0 Å². The summed E-state index contributed by atoms with van der Waals surface area (Å²) in [6.07, 6.45) is 0. The van der Waals surface area contributed by atoms with Gasteiger partial charge in [0.1, 0.15) is 0 Å². The maximum Gasteiger partial charge on any atom is 0.164 e. The van der Waals surface area contributed by atoms with Crippen LogP contribution in [0, 0.1) is 0 Å². The first-order chi connectivity index (χ1) is 24.8. The first kappa shape index (κ1) is 28.2. The second-order valence-electron chi connectivity index (χ2n) is 12.6. The Labute approximate surface area is 288 Å². The molecule has 0 amide bonds. The molecule has 0 saturated heterocycles. The maximum atomic E-state index is 5.06. The molecule has 234 valence electrons. The number of rotatable bonds is 5. The van der Waals surface area contributed by atoms with E-state index in [9.17, 15) is 0 Å². The summed E-state index contributed by atoms with van der Waals surface area (Å²) >= 11 is 0. The number of fused-ring (bicyclic) bond motifs is 7. The molecule has 3 heterocycles. The maximum absolute atomic E-state index is 5.06. The van der Waals surface area contributed by atoms with E-state index in [2.05, 4.69) is 143 Å². The zero-order valence-corrected chi connectivity index (χ0v) is 27.0. The van der Waals surface area contributed by atoms with Crippen LogP contribution < -0.4 is 0 Å². The summed E-state index contributed by atoms with van der Waals surface area (Å²) in [6.45, 7) is 0. The smallest absolute Gasteiger partial charge is 0.164 e. The van der Waals surface area contributed by atoms with Crippen LogP contribution in [0.1, 0.15) is 0 Å². The largest absolute Gasteiger partial charge is 0.354 e. The molecule has 5 nitrogen and oxygen atoms in total. The van der Waals surface area contributed by atoms with Crippen LogP contribution in [-0.2, 0) is 0 Å². The Morgan fingerprint density at radius 1 is 0.380 bits per heavy atom. The van der Waals surface area contributed by atoms with Crippen molar-refractivity contribution in [2.45, 2.75) is 0 Å². The Hall–Kier alpha value is -6.85. The number of nitrogens with zero attached hydrogens (tertiary/aromatic N) is 4. The van der Waals surface area contributed by atoms with Crippen molar-refractivity contribution in [2.75, 3.05) is 0 Å². The highest BCUT2D eigenvalue weighted by molar-refractivity contribution is 6.25. The third kappa shape index (κ3) is 4.60. The SMILES string of the molecule is c1ccc(-c2cccc(-c3nc(-c4ccccc4)nc(-c4ccc(-n5c6ccccc6c6ccc7[nH]c8ccccc8c7c65)cc4)n3)c2)cc1. The van der Waals surface area contributed by atoms with Crippen LogP contribution in [-0.4, -0.2) is 24.5 Å². The summed E-state index contributed by atoms with van der Waals surface area (Å²) in [4.78, 5) is 18.7. The van der Waals surface area contributed by atoms with E-state index in [0.717, 1.165) is 44.5 Å². The summed E-state index contributed by atoms with van der Waals surface area (Å²) in [5.74, 6) is 1.91. The highest BCUT2D eigenvalue weighted by Gasteiger charge is 2.18. The molecular formula is C45H29N5. The summed E-state index contributed by atoms with van der Waals surface area (Å²) in [5, 5.41) is 4.90. The van der Waals surface area contributed by atoms with Gasteiger partial charge in [-0.05, 0) is 59.7 Å². The van der Waals surface area contributed by atoms with Crippen LogP contribution in [0.5, 0.6) is 0 Å². The zero-order chi connectivity index (χ0) is 33.0. The Kier molecular flexibility index (Phi) is 6.42. The van der Waals surface area contributed by atoms with Gasteiger partial charge in [0.2, 0.25) is 0 Å². The molecule has 0 aliphatic heterocycles. The molecule has 1 N–H and O–H groups in total. The van der Waals surface area contributed by atoms with Crippen molar-refractivity contribution < 1.29 is 0 Å². The van der Waals surface area contributed by atoms with Crippen LogP contribution in [0.2, 0.25) is 0 Å². The molecule has 7 aromatic carbocycles. The molecular weight excluding hydrogens is 611 g/mol. The van der Waals surface area contributed by atoms with E-state index in [1.54, 1.807) is 0 Å². The molecule has 0 saturated carbocycles. The van der Waals surface area contributed by atoms with E-state index in [1.165, 1.54) is 32.6 Å². The molecule has 10 aromatic rings. The number of hydrogen-bond donors (Lipinski definition) is 1. The van der Waals surface area contributed by atoms with Gasteiger partial charge in [-0.1, -0.05) is 121 Å². The third-order valence-corrected chi connectivity index (χ3v) is 9.58. The molecule has 0 spiro atoms. The predicted molar refractivity (Wildman–Crippen MR) is 205 cm³/mol. The molecule has 5 heteroatoms. The molecule has 0 atom stereocenters. The van der Waals surface area contributed by atoms with Crippen molar-refractivity contribution in [3.63, 3.8) is 0 Å². The molecule has 0 radical (unpaired) electrons. The van der Waals surface area contributed by atoms with Crippen molar-refractivity contribution in [3.05, 3.63) is 170 Å². The third-order valence-electron chi connectivity index (χ3n) is 9.58. The van der Waals surface area contributed by atoms with E-state index in [1.807, 2.05) is 36.4 Å². The van der Waals surface area contributed by atoms with Crippen LogP contribution in [0.15, 0.2) is 170 Å². The van der Waals surface area contributed by atoms with Gasteiger partial charge >= 0.3 is 0 Å². The lowest BCUT2D eigenvalue weighted by atomic mass is 10.0. The van der Waals surface area contributed by atoms with Gasteiger partial charge in [-0.15, -0.1) is 0 Å². The van der Waals surface area contributed by atoms with Crippen LogP contribution in [0.3, 0.4) is 0 Å². The molecule has 3 aromatic heterocycles. The Morgan fingerprint density at radius 2 is 0.960 bits per heavy atom. The number of hydrogen-bond acceptors (Lipinski definition) is 3. The topological polar surface area (TPSA) is 59.4 Å². The molecule has 10 rings (SSSR count). The van der Waals surface area contributed by atoms with E-state index < -0.39 is 0 Å². The van der Waals surface area contributed by atoms with Gasteiger partial charge in [-0.3, -0.25) is 0 Å². The number of para-hydroxylation sites is 2. The van der Waals surface area contributed by atoms with E-state index in [-0.39, 0.29) is 0 Å². The molecule has 0 aliphatic rings. The quantitative estimate of drug-likeness (QED) is 0.204. The molecule has 50 heavy (non-hydrogen) atoms. The Balaban J connectivity index is 1.14. The normalized spacial score (nSPS) is 11.6. The number of nitrogens with one attached hydrogen (secondary N) is 1. The minimum Gasteiger partial charge on any atom is -0.354 e. The first-order valence-electron chi connectivity index (χ1n) is 16.8. The average Bonchev–Trinajstić information content (AvgIpc) is 3.74. The minimum absolute atomic E-state index is 0.631. The average molecular weight is 640 g/mol. The van der Waals surface area contributed by atoms with Gasteiger partial charge in [0.25, 0.3) is 0 Å². The number of H-pyrrole nitrogens is 1. The lowest BCUT2D eigenvalue weighted by molar-refractivity contribution is 1.07. The highest BCUT2D eigenvalue weighted by Crippen LogP contribution is 2.40. The lowest BCUT2D eigenvalue weighted by Crippen LogP contribution is -2.00. The van der Waals surface area contributed by atoms with Gasteiger partial charge in [0, 0.05) is 55.0 Å². The second kappa shape index (κ2) is 11.4. The van der Waals surface area contributed by atoms with Crippen molar-refractivity contribution in [3.8, 4) is 51.0 Å². The van der Waals surface area contributed by atoms with Gasteiger partial charge in [-0.2, -0.15) is 0 Å². The zero-order valence-electron chi connectivity index (χ0n) is 27.0. The second-order valence-corrected chi connectivity index (χ2v) is 12.6. The molecule has 0 bridgehead atoms.